The van der Waals surface area contributed by atoms with Gasteiger partial charge in [0.25, 0.3) is 0 Å². The van der Waals surface area contributed by atoms with E-state index in [1.54, 1.807) is 4.90 Å². The second-order valence-corrected chi connectivity index (χ2v) is 10.8. The van der Waals surface area contributed by atoms with Crippen LogP contribution < -0.4 is 4.90 Å². The molecule has 2 fully saturated rings. The molecule has 0 radical (unpaired) electrons. The zero-order valence-corrected chi connectivity index (χ0v) is 18.5. The Morgan fingerprint density at radius 3 is 2.83 bits per heavy atom. The number of piperidine rings is 1. The number of sulfonamides is 1. The summed E-state index contributed by atoms with van der Waals surface area (Å²) in [6, 6.07) is 5.32. The minimum absolute atomic E-state index is 0.0395. The Labute approximate surface area is 175 Å². The van der Waals surface area contributed by atoms with E-state index >= 15 is 0 Å². The lowest BCUT2D eigenvalue weighted by atomic mass is 10.0. The fourth-order valence-corrected chi connectivity index (χ4v) is 6.35. The van der Waals surface area contributed by atoms with Crippen LogP contribution in [0.25, 0.3) is 10.2 Å². The summed E-state index contributed by atoms with van der Waals surface area (Å²) >= 11 is 1.47. The van der Waals surface area contributed by atoms with Crippen molar-refractivity contribution < 1.29 is 17.9 Å². The number of hydrogen-bond donors (Lipinski definition) is 0. The Balaban J connectivity index is 1.70. The second kappa shape index (κ2) is 8.29. The van der Waals surface area contributed by atoms with Gasteiger partial charge in [0.1, 0.15) is 6.04 Å². The van der Waals surface area contributed by atoms with Crippen molar-refractivity contribution in [1.82, 2.24) is 9.29 Å². The third kappa shape index (κ3) is 4.33. The molecule has 0 aliphatic carbocycles. The van der Waals surface area contributed by atoms with Crippen LogP contribution in [0.2, 0.25) is 0 Å². The van der Waals surface area contributed by atoms with Gasteiger partial charge >= 0.3 is 0 Å². The maximum absolute atomic E-state index is 13.6. The lowest BCUT2D eigenvalue weighted by Gasteiger charge is -2.35. The molecule has 2 saturated heterocycles. The molecule has 0 saturated carbocycles. The molecule has 0 unspecified atom stereocenters. The zero-order valence-electron chi connectivity index (χ0n) is 16.8. The molecule has 2 aromatic rings. The van der Waals surface area contributed by atoms with Crippen molar-refractivity contribution in [3.05, 3.63) is 23.8 Å². The fraction of sp³-hybridized carbons (Fsp3) is 0.600. The Hall–Kier alpha value is -1.55. The van der Waals surface area contributed by atoms with E-state index in [9.17, 15) is 13.2 Å². The van der Waals surface area contributed by atoms with Crippen LogP contribution in [0.5, 0.6) is 0 Å². The number of fused-ring (bicyclic) bond motifs is 1. The number of ether oxygens (including phenoxy) is 1. The van der Waals surface area contributed by atoms with E-state index in [1.165, 1.54) is 21.9 Å². The van der Waals surface area contributed by atoms with E-state index in [4.69, 9.17) is 9.72 Å². The highest BCUT2D eigenvalue weighted by molar-refractivity contribution is 7.88. The third-order valence-electron chi connectivity index (χ3n) is 5.68. The standard InChI is InChI=1S/C20H27N3O4S2/c1-14-7-5-10-17-18(14)21-20(28-17)22(13-15-8-6-12-27-15)19(24)16-9-3-4-11-23(16)29(2,25)26/h5,7,10,15-16H,3-4,6,8-9,11-13H2,1-2H3/t15-,16+/m1/s1. The largest absolute Gasteiger partial charge is 0.376 e. The molecule has 29 heavy (non-hydrogen) atoms. The van der Waals surface area contributed by atoms with E-state index < -0.39 is 16.1 Å². The topological polar surface area (TPSA) is 79.8 Å². The predicted molar refractivity (Wildman–Crippen MR) is 115 cm³/mol. The Bertz CT molecular complexity index is 998. The third-order valence-corrected chi connectivity index (χ3v) is 8.01. The first-order chi connectivity index (χ1) is 13.8. The number of thiazole rings is 1. The first-order valence-corrected chi connectivity index (χ1v) is 12.8. The monoisotopic (exact) mass is 437 g/mol. The predicted octanol–water partition coefficient (Wildman–Crippen LogP) is 2.93. The number of nitrogens with zero attached hydrogens (tertiary/aromatic N) is 3. The molecule has 1 amide bonds. The van der Waals surface area contributed by atoms with E-state index in [-0.39, 0.29) is 12.0 Å². The van der Waals surface area contributed by atoms with Crippen LogP contribution in [-0.2, 0) is 19.6 Å². The van der Waals surface area contributed by atoms with Crippen LogP contribution in [-0.4, -0.2) is 61.7 Å². The normalized spacial score (nSPS) is 23.5. The van der Waals surface area contributed by atoms with Gasteiger partial charge in [0.2, 0.25) is 15.9 Å². The fourth-order valence-electron chi connectivity index (χ4n) is 4.17. The lowest BCUT2D eigenvalue weighted by Crippen LogP contribution is -2.54. The van der Waals surface area contributed by atoms with Crippen molar-refractivity contribution in [3.8, 4) is 0 Å². The molecule has 158 valence electrons. The highest BCUT2D eigenvalue weighted by Gasteiger charge is 2.39. The molecule has 2 atom stereocenters. The van der Waals surface area contributed by atoms with Gasteiger partial charge in [0.15, 0.2) is 5.13 Å². The highest BCUT2D eigenvalue weighted by Crippen LogP contribution is 2.33. The first kappa shape index (κ1) is 20.7. The summed E-state index contributed by atoms with van der Waals surface area (Å²) in [5.41, 5.74) is 1.95. The maximum Gasteiger partial charge on any atom is 0.247 e. The highest BCUT2D eigenvalue weighted by atomic mass is 32.2. The summed E-state index contributed by atoms with van der Waals surface area (Å²) in [7, 11) is -3.46. The summed E-state index contributed by atoms with van der Waals surface area (Å²) in [5, 5.41) is 0.619. The summed E-state index contributed by atoms with van der Waals surface area (Å²) in [6.07, 6.45) is 5.18. The number of carbonyl (C=O) groups is 1. The summed E-state index contributed by atoms with van der Waals surface area (Å²) in [4.78, 5) is 20.1. The summed E-state index contributed by atoms with van der Waals surface area (Å²) in [6.45, 7) is 3.50. The second-order valence-electron chi connectivity index (χ2n) is 7.89. The molecule has 0 N–H and O–H groups in total. The van der Waals surface area contributed by atoms with Gasteiger partial charge in [-0.1, -0.05) is 29.9 Å². The van der Waals surface area contributed by atoms with E-state index in [0.717, 1.165) is 41.5 Å². The number of rotatable bonds is 5. The molecular formula is C20H27N3O4S2. The van der Waals surface area contributed by atoms with Gasteiger partial charge in [-0.25, -0.2) is 13.4 Å². The Kier molecular flexibility index (Phi) is 5.92. The van der Waals surface area contributed by atoms with Crippen LogP contribution in [0.1, 0.15) is 37.7 Å². The van der Waals surface area contributed by atoms with Crippen LogP contribution in [0.3, 0.4) is 0 Å². The lowest BCUT2D eigenvalue weighted by molar-refractivity contribution is -0.123. The number of aromatic nitrogens is 1. The Morgan fingerprint density at radius 1 is 1.31 bits per heavy atom. The number of amides is 1. The van der Waals surface area contributed by atoms with Crippen molar-refractivity contribution >= 4 is 42.6 Å². The van der Waals surface area contributed by atoms with Gasteiger partial charge in [-0.15, -0.1) is 0 Å². The molecule has 0 bridgehead atoms. The molecule has 1 aromatic heterocycles. The van der Waals surface area contributed by atoms with Crippen LogP contribution >= 0.6 is 11.3 Å². The number of para-hydroxylation sites is 1. The van der Waals surface area contributed by atoms with Crippen molar-refractivity contribution in [2.45, 2.75) is 51.2 Å². The molecule has 3 heterocycles. The number of anilines is 1. The van der Waals surface area contributed by atoms with Gasteiger partial charge in [-0.05, 0) is 44.2 Å². The molecule has 9 heteroatoms. The van der Waals surface area contributed by atoms with Crippen LogP contribution in [0.15, 0.2) is 18.2 Å². The van der Waals surface area contributed by atoms with Crippen molar-refractivity contribution in [2.75, 3.05) is 30.9 Å². The van der Waals surface area contributed by atoms with Gasteiger partial charge < -0.3 is 4.74 Å². The Morgan fingerprint density at radius 2 is 2.14 bits per heavy atom. The number of hydrogen-bond acceptors (Lipinski definition) is 6. The number of carbonyl (C=O) groups excluding carboxylic acids is 1. The minimum Gasteiger partial charge on any atom is -0.376 e. The average Bonchev–Trinajstić information content (AvgIpc) is 3.35. The molecule has 7 nitrogen and oxygen atoms in total. The van der Waals surface area contributed by atoms with Gasteiger partial charge in [0, 0.05) is 13.2 Å². The van der Waals surface area contributed by atoms with E-state index in [0.29, 0.717) is 31.2 Å². The quantitative estimate of drug-likeness (QED) is 0.719. The van der Waals surface area contributed by atoms with Gasteiger partial charge in [0.05, 0.1) is 29.1 Å². The van der Waals surface area contributed by atoms with Crippen molar-refractivity contribution in [1.29, 1.82) is 0 Å². The smallest absolute Gasteiger partial charge is 0.247 e. The van der Waals surface area contributed by atoms with Gasteiger partial charge in [-0.3, -0.25) is 9.69 Å². The SMILES string of the molecule is Cc1cccc2sc(N(C[C@H]3CCCO3)C(=O)[C@@H]3CCCCN3S(C)(=O)=O)nc12. The van der Waals surface area contributed by atoms with Crippen LogP contribution in [0.4, 0.5) is 5.13 Å². The molecule has 1 aromatic carbocycles. The van der Waals surface area contributed by atoms with E-state index in [1.807, 2.05) is 25.1 Å². The van der Waals surface area contributed by atoms with Crippen molar-refractivity contribution in [3.63, 3.8) is 0 Å². The first-order valence-electron chi connectivity index (χ1n) is 10.1. The maximum atomic E-state index is 13.6. The average molecular weight is 438 g/mol. The minimum atomic E-state index is -3.46. The molecule has 4 rings (SSSR count). The number of aryl methyl sites for hydroxylation is 1. The summed E-state index contributed by atoms with van der Waals surface area (Å²) < 4.78 is 32.8. The number of benzene rings is 1. The molecule has 2 aliphatic rings. The van der Waals surface area contributed by atoms with Gasteiger partial charge in [-0.2, -0.15) is 4.31 Å². The zero-order chi connectivity index (χ0) is 20.6. The summed E-state index contributed by atoms with van der Waals surface area (Å²) in [5.74, 6) is -0.192. The molecule has 0 spiro atoms. The molecular weight excluding hydrogens is 410 g/mol. The van der Waals surface area contributed by atoms with E-state index in [2.05, 4.69) is 0 Å². The molecule has 2 aliphatic heterocycles. The van der Waals surface area contributed by atoms with Crippen molar-refractivity contribution in [2.24, 2.45) is 0 Å². The van der Waals surface area contributed by atoms with Crippen LogP contribution in [0, 0.1) is 6.92 Å².